The minimum absolute atomic E-state index is 0.0816. The topological polar surface area (TPSA) is 60.9 Å². The molecule has 0 spiro atoms. The fraction of sp³-hybridized carbons (Fsp3) is 0.231. The number of hydrogen-bond acceptors (Lipinski definition) is 2. The van der Waals surface area contributed by atoms with E-state index in [1.165, 1.54) is 18.3 Å². The molecule has 0 aliphatic heterocycles. The van der Waals surface area contributed by atoms with Gasteiger partial charge in [0.05, 0.1) is 17.5 Å². The minimum Gasteiger partial charge on any atom is -0.365 e. The van der Waals surface area contributed by atoms with Crippen LogP contribution in [0.5, 0.6) is 0 Å². The van der Waals surface area contributed by atoms with E-state index in [0.29, 0.717) is 11.3 Å². The molecule has 0 unspecified atom stereocenters. The lowest BCUT2D eigenvalue weighted by atomic mass is 10.1. The lowest BCUT2D eigenvalue weighted by Crippen LogP contribution is -2.13. The smallest absolute Gasteiger partial charge is 0.252 e. The highest BCUT2D eigenvalue weighted by Crippen LogP contribution is 2.26. The lowest BCUT2D eigenvalue weighted by Gasteiger charge is -2.12. The molecule has 5 heteroatoms. The van der Waals surface area contributed by atoms with Crippen LogP contribution in [0, 0.1) is 5.82 Å². The second-order valence-electron chi connectivity index (χ2n) is 4.32. The zero-order valence-corrected chi connectivity index (χ0v) is 10.2. The summed E-state index contributed by atoms with van der Waals surface area (Å²) in [6.07, 6.45) is 1.45. The molecule has 0 aliphatic rings. The van der Waals surface area contributed by atoms with E-state index in [1.807, 2.05) is 13.8 Å². The molecule has 0 saturated heterocycles. The fourth-order valence-electron chi connectivity index (χ4n) is 1.83. The van der Waals surface area contributed by atoms with Crippen LogP contribution < -0.4 is 5.73 Å². The number of nitrogens with zero attached hydrogens (tertiary/aromatic N) is 2. The van der Waals surface area contributed by atoms with E-state index in [-0.39, 0.29) is 11.9 Å². The van der Waals surface area contributed by atoms with E-state index < -0.39 is 5.91 Å². The third kappa shape index (κ3) is 2.11. The van der Waals surface area contributed by atoms with Gasteiger partial charge in [0, 0.05) is 11.6 Å². The van der Waals surface area contributed by atoms with Crippen LogP contribution in [0.1, 0.15) is 30.2 Å². The summed E-state index contributed by atoms with van der Waals surface area (Å²) in [4.78, 5) is 11.4. The Morgan fingerprint density at radius 1 is 1.33 bits per heavy atom. The summed E-state index contributed by atoms with van der Waals surface area (Å²) in [5, 5.41) is 4.16. The van der Waals surface area contributed by atoms with Crippen LogP contribution in [-0.4, -0.2) is 15.7 Å². The predicted molar refractivity (Wildman–Crippen MR) is 66.5 cm³/mol. The number of aromatic nitrogens is 2. The van der Waals surface area contributed by atoms with Gasteiger partial charge in [0.1, 0.15) is 5.82 Å². The third-order valence-corrected chi connectivity index (χ3v) is 2.67. The molecule has 2 N–H and O–H groups in total. The average molecular weight is 247 g/mol. The highest BCUT2D eigenvalue weighted by Gasteiger charge is 2.18. The highest BCUT2D eigenvalue weighted by molar-refractivity contribution is 5.98. The average Bonchev–Trinajstić information content (AvgIpc) is 2.74. The van der Waals surface area contributed by atoms with Gasteiger partial charge in [-0.05, 0) is 38.1 Å². The van der Waals surface area contributed by atoms with Crippen LogP contribution in [0.15, 0.2) is 30.5 Å². The molecular formula is C13H14FN3O. The molecule has 0 saturated carbocycles. The number of nitrogens with two attached hydrogens (primary N) is 1. The summed E-state index contributed by atoms with van der Waals surface area (Å²) in [6, 6.07) is 5.99. The van der Waals surface area contributed by atoms with Crippen molar-refractivity contribution in [3.8, 4) is 11.3 Å². The van der Waals surface area contributed by atoms with E-state index in [4.69, 9.17) is 5.73 Å². The summed E-state index contributed by atoms with van der Waals surface area (Å²) in [5.41, 5.74) is 7.01. The minimum atomic E-state index is -0.541. The van der Waals surface area contributed by atoms with Gasteiger partial charge in [-0.25, -0.2) is 4.39 Å². The summed E-state index contributed by atoms with van der Waals surface area (Å²) >= 11 is 0. The Kier molecular flexibility index (Phi) is 3.14. The van der Waals surface area contributed by atoms with Gasteiger partial charge in [-0.15, -0.1) is 0 Å². The third-order valence-electron chi connectivity index (χ3n) is 2.67. The number of primary amides is 1. The maximum Gasteiger partial charge on any atom is 0.252 e. The zero-order chi connectivity index (χ0) is 13.3. The number of halogens is 1. The number of benzene rings is 1. The Morgan fingerprint density at radius 2 is 1.94 bits per heavy atom. The Hall–Kier alpha value is -2.17. The second-order valence-corrected chi connectivity index (χ2v) is 4.32. The molecule has 1 aromatic carbocycles. The summed E-state index contributed by atoms with van der Waals surface area (Å²) in [7, 11) is 0. The zero-order valence-electron chi connectivity index (χ0n) is 10.2. The predicted octanol–water partition coefficient (Wildman–Crippen LogP) is 2.37. The largest absolute Gasteiger partial charge is 0.365 e. The quantitative estimate of drug-likeness (QED) is 0.905. The standard InChI is InChI=1S/C13H14FN3O/c1-8(2)17-12(11(7-16-17)13(15)18)9-3-5-10(14)6-4-9/h3-8H,1-2H3,(H2,15,18). The first-order valence-electron chi connectivity index (χ1n) is 5.64. The number of hydrogen-bond donors (Lipinski definition) is 1. The summed E-state index contributed by atoms with van der Waals surface area (Å²) < 4.78 is 14.6. The van der Waals surface area contributed by atoms with Crippen molar-refractivity contribution in [2.75, 3.05) is 0 Å². The van der Waals surface area contributed by atoms with Crippen LogP contribution in [0.25, 0.3) is 11.3 Å². The maximum absolute atomic E-state index is 12.9. The van der Waals surface area contributed by atoms with Gasteiger partial charge in [0.25, 0.3) is 5.91 Å². The van der Waals surface area contributed by atoms with Gasteiger partial charge < -0.3 is 5.73 Å². The SMILES string of the molecule is CC(C)n1ncc(C(N)=O)c1-c1ccc(F)cc1. The van der Waals surface area contributed by atoms with E-state index in [1.54, 1.807) is 16.8 Å². The highest BCUT2D eigenvalue weighted by atomic mass is 19.1. The van der Waals surface area contributed by atoms with Gasteiger partial charge in [-0.1, -0.05) is 0 Å². The van der Waals surface area contributed by atoms with Crippen molar-refractivity contribution >= 4 is 5.91 Å². The fourth-order valence-corrected chi connectivity index (χ4v) is 1.83. The number of carbonyl (C=O) groups is 1. The van der Waals surface area contributed by atoms with Crippen molar-refractivity contribution in [1.29, 1.82) is 0 Å². The molecule has 0 radical (unpaired) electrons. The Balaban J connectivity index is 2.63. The van der Waals surface area contributed by atoms with Crippen LogP contribution in [0.3, 0.4) is 0 Å². The molecule has 0 atom stereocenters. The van der Waals surface area contributed by atoms with Crippen molar-refractivity contribution in [2.45, 2.75) is 19.9 Å². The van der Waals surface area contributed by atoms with Crippen molar-refractivity contribution in [2.24, 2.45) is 5.73 Å². The molecule has 0 aliphatic carbocycles. The van der Waals surface area contributed by atoms with Gasteiger partial charge >= 0.3 is 0 Å². The summed E-state index contributed by atoms with van der Waals surface area (Å²) in [6.45, 7) is 3.90. The van der Waals surface area contributed by atoms with E-state index in [0.717, 1.165) is 5.56 Å². The number of carbonyl (C=O) groups excluding carboxylic acids is 1. The first-order chi connectivity index (χ1) is 8.50. The molecule has 18 heavy (non-hydrogen) atoms. The maximum atomic E-state index is 12.9. The molecule has 2 aromatic rings. The molecule has 0 fully saturated rings. The van der Waals surface area contributed by atoms with Crippen LogP contribution in [-0.2, 0) is 0 Å². The molecule has 4 nitrogen and oxygen atoms in total. The Bertz CT molecular complexity index is 572. The van der Waals surface area contributed by atoms with E-state index in [2.05, 4.69) is 5.10 Å². The molecule has 0 bridgehead atoms. The van der Waals surface area contributed by atoms with Crippen molar-refractivity contribution in [1.82, 2.24) is 9.78 Å². The molecule has 1 amide bonds. The van der Waals surface area contributed by atoms with Crippen LogP contribution in [0.4, 0.5) is 4.39 Å². The van der Waals surface area contributed by atoms with E-state index in [9.17, 15) is 9.18 Å². The first kappa shape index (κ1) is 12.3. The van der Waals surface area contributed by atoms with E-state index >= 15 is 0 Å². The second kappa shape index (κ2) is 4.60. The lowest BCUT2D eigenvalue weighted by molar-refractivity contribution is 0.100. The number of amides is 1. The molecule has 94 valence electrons. The number of rotatable bonds is 3. The molecule has 2 rings (SSSR count). The van der Waals surface area contributed by atoms with Crippen molar-refractivity contribution < 1.29 is 9.18 Å². The van der Waals surface area contributed by atoms with Crippen molar-refractivity contribution in [3.05, 3.63) is 41.8 Å². The first-order valence-corrected chi connectivity index (χ1v) is 5.64. The van der Waals surface area contributed by atoms with Gasteiger partial charge in [0.15, 0.2) is 0 Å². The monoisotopic (exact) mass is 247 g/mol. The van der Waals surface area contributed by atoms with Crippen LogP contribution >= 0.6 is 0 Å². The van der Waals surface area contributed by atoms with Gasteiger partial charge in [0.2, 0.25) is 0 Å². The molecule has 1 aromatic heterocycles. The Labute approximate surface area is 104 Å². The van der Waals surface area contributed by atoms with Crippen LogP contribution in [0.2, 0.25) is 0 Å². The van der Waals surface area contributed by atoms with Crippen molar-refractivity contribution in [3.63, 3.8) is 0 Å². The van der Waals surface area contributed by atoms with Gasteiger partial charge in [-0.3, -0.25) is 9.48 Å². The summed E-state index contributed by atoms with van der Waals surface area (Å²) in [5.74, 6) is -0.865. The molecular weight excluding hydrogens is 233 g/mol. The normalized spacial score (nSPS) is 10.9. The molecule has 1 heterocycles. The van der Waals surface area contributed by atoms with Gasteiger partial charge in [-0.2, -0.15) is 5.10 Å². The Morgan fingerprint density at radius 3 is 2.44 bits per heavy atom.